The zero-order valence-electron chi connectivity index (χ0n) is 5.71. The van der Waals surface area contributed by atoms with Gasteiger partial charge in [-0.15, -0.1) is 0 Å². The monoisotopic (exact) mass is 138 g/mol. The van der Waals surface area contributed by atoms with E-state index in [1.807, 2.05) is 0 Å². The number of hydrogen-bond acceptors (Lipinski definition) is 2. The Kier molecular flexibility index (Phi) is 1.36. The first-order valence-corrected chi connectivity index (χ1v) is 3.53. The van der Waals surface area contributed by atoms with Crippen LogP contribution in [0.3, 0.4) is 0 Å². The molecule has 0 aromatic rings. The molecule has 1 aliphatic heterocycles. The van der Waals surface area contributed by atoms with Crippen LogP contribution in [0.15, 0.2) is 23.3 Å². The molecule has 2 nitrogen and oxygen atoms in total. The van der Waals surface area contributed by atoms with Crippen molar-refractivity contribution in [3.05, 3.63) is 23.3 Å². The maximum atomic E-state index is 9.07. The van der Waals surface area contributed by atoms with Gasteiger partial charge < -0.3 is 9.84 Å². The summed E-state index contributed by atoms with van der Waals surface area (Å²) in [6.45, 7) is 0.615. The van der Waals surface area contributed by atoms with Gasteiger partial charge in [0.2, 0.25) is 0 Å². The van der Waals surface area contributed by atoms with Crippen LogP contribution in [-0.2, 0) is 4.74 Å². The average molecular weight is 138 g/mol. The molecule has 1 aliphatic carbocycles. The smallest absolute Gasteiger partial charge is 0.159 e. The molecule has 2 aliphatic rings. The molecule has 0 saturated heterocycles. The van der Waals surface area contributed by atoms with Crippen LogP contribution in [0.25, 0.3) is 0 Å². The molecule has 0 bridgehead atoms. The lowest BCUT2D eigenvalue weighted by atomic mass is 10.1. The third-order valence-electron chi connectivity index (χ3n) is 1.98. The molecule has 0 radical (unpaired) electrons. The fourth-order valence-electron chi connectivity index (χ4n) is 1.40. The summed E-state index contributed by atoms with van der Waals surface area (Å²) in [5.41, 5.74) is 2.61. The number of rotatable bonds is 0. The van der Waals surface area contributed by atoms with Gasteiger partial charge in [0.25, 0.3) is 0 Å². The van der Waals surface area contributed by atoms with Crippen molar-refractivity contribution in [3.63, 3.8) is 0 Å². The lowest BCUT2D eigenvalue weighted by Crippen LogP contribution is -2.19. The molecule has 54 valence electrons. The maximum Gasteiger partial charge on any atom is 0.159 e. The first kappa shape index (κ1) is 6.13. The van der Waals surface area contributed by atoms with E-state index >= 15 is 0 Å². The van der Waals surface area contributed by atoms with Crippen molar-refractivity contribution in [2.24, 2.45) is 0 Å². The highest BCUT2D eigenvalue weighted by Gasteiger charge is 2.19. The van der Waals surface area contributed by atoms with E-state index in [9.17, 15) is 0 Å². The van der Waals surface area contributed by atoms with Crippen molar-refractivity contribution >= 4 is 0 Å². The Morgan fingerprint density at radius 3 is 3.40 bits per heavy atom. The SMILES string of the molecule is OC1CC2=C(CC=C2)CO1. The minimum absolute atomic E-state index is 0.568. The molecule has 0 fully saturated rings. The third kappa shape index (κ3) is 0.895. The van der Waals surface area contributed by atoms with Crippen LogP contribution in [0.4, 0.5) is 0 Å². The average Bonchev–Trinajstić information content (AvgIpc) is 2.33. The first-order chi connectivity index (χ1) is 4.86. The topological polar surface area (TPSA) is 29.5 Å². The van der Waals surface area contributed by atoms with Crippen LogP contribution in [0, 0.1) is 0 Å². The van der Waals surface area contributed by atoms with Gasteiger partial charge in [-0.05, 0) is 17.6 Å². The minimum Gasteiger partial charge on any atom is -0.368 e. The quantitative estimate of drug-likeness (QED) is 0.540. The summed E-state index contributed by atoms with van der Waals surface area (Å²) >= 11 is 0. The number of hydrogen-bond donors (Lipinski definition) is 1. The van der Waals surface area contributed by atoms with E-state index in [0.717, 1.165) is 6.42 Å². The third-order valence-corrected chi connectivity index (χ3v) is 1.98. The van der Waals surface area contributed by atoms with Gasteiger partial charge in [0.15, 0.2) is 6.29 Å². The van der Waals surface area contributed by atoms with E-state index in [0.29, 0.717) is 13.0 Å². The summed E-state index contributed by atoms with van der Waals surface area (Å²) in [5.74, 6) is 0. The van der Waals surface area contributed by atoms with Crippen molar-refractivity contribution in [3.8, 4) is 0 Å². The second-order valence-corrected chi connectivity index (χ2v) is 2.71. The largest absolute Gasteiger partial charge is 0.368 e. The van der Waals surface area contributed by atoms with Gasteiger partial charge >= 0.3 is 0 Å². The molecular formula is C8H10O2. The van der Waals surface area contributed by atoms with E-state index in [2.05, 4.69) is 12.2 Å². The van der Waals surface area contributed by atoms with Crippen LogP contribution >= 0.6 is 0 Å². The standard InChI is InChI=1S/C8H10O2/c9-8-4-6-2-1-3-7(6)5-10-8/h1-2,8-9H,3-5H2. The summed E-state index contributed by atoms with van der Waals surface area (Å²) in [5, 5.41) is 9.07. The Hall–Kier alpha value is -0.600. The van der Waals surface area contributed by atoms with Gasteiger partial charge in [0.1, 0.15) is 0 Å². The van der Waals surface area contributed by atoms with Crippen LogP contribution in [0.5, 0.6) is 0 Å². The molecule has 1 atom stereocenters. The van der Waals surface area contributed by atoms with E-state index < -0.39 is 6.29 Å². The molecule has 0 aromatic carbocycles. The van der Waals surface area contributed by atoms with Crippen LogP contribution in [0.1, 0.15) is 12.8 Å². The zero-order valence-corrected chi connectivity index (χ0v) is 5.71. The second-order valence-electron chi connectivity index (χ2n) is 2.71. The molecule has 2 rings (SSSR count). The lowest BCUT2D eigenvalue weighted by Gasteiger charge is -2.19. The van der Waals surface area contributed by atoms with Gasteiger partial charge in [-0.25, -0.2) is 0 Å². The Balaban J connectivity index is 2.19. The van der Waals surface area contributed by atoms with Gasteiger partial charge in [-0.3, -0.25) is 0 Å². The molecule has 0 saturated carbocycles. The van der Waals surface area contributed by atoms with E-state index in [1.54, 1.807) is 0 Å². The van der Waals surface area contributed by atoms with E-state index in [4.69, 9.17) is 9.84 Å². The fraction of sp³-hybridized carbons (Fsp3) is 0.500. The molecule has 1 N–H and O–H groups in total. The summed E-state index contributed by atoms with van der Waals surface area (Å²) in [4.78, 5) is 0. The summed E-state index contributed by atoms with van der Waals surface area (Å²) in [7, 11) is 0. The van der Waals surface area contributed by atoms with Gasteiger partial charge in [0.05, 0.1) is 6.61 Å². The minimum atomic E-state index is -0.568. The zero-order chi connectivity index (χ0) is 6.97. The Morgan fingerprint density at radius 1 is 1.60 bits per heavy atom. The Morgan fingerprint density at radius 2 is 2.50 bits per heavy atom. The summed E-state index contributed by atoms with van der Waals surface area (Å²) in [6.07, 6.45) is 5.32. The highest BCUT2D eigenvalue weighted by atomic mass is 16.6. The van der Waals surface area contributed by atoms with Crippen molar-refractivity contribution in [1.82, 2.24) is 0 Å². The summed E-state index contributed by atoms with van der Waals surface area (Å²) in [6, 6.07) is 0. The number of aliphatic hydroxyl groups excluding tert-OH is 1. The van der Waals surface area contributed by atoms with Crippen molar-refractivity contribution in [2.75, 3.05) is 6.61 Å². The number of allylic oxidation sites excluding steroid dienone is 2. The maximum absolute atomic E-state index is 9.07. The van der Waals surface area contributed by atoms with Crippen molar-refractivity contribution in [1.29, 1.82) is 0 Å². The van der Waals surface area contributed by atoms with Gasteiger partial charge in [0, 0.05) is 6.42 Å². The van der Waals surface area contributed by atoms with E-state index in [-0.39, 0.29) is 0 Å². The molecule has 2 heteroatoms. The Labute approximate surface area is 59.8 Å². The molecular weight excluding hydrogens is 128 g/mol. The molecule has 1 heterocycles. The fourth-order valence-corrected chi connectivity index (χ4v) is 1.40. The van der Waals surface area contributed by atoms with Crippen LogP contribution in [-0.4, -0.2) is 18.0 Å². The van der Waals surface area contributed by atoms with Crippen molar-refractivity contribution in [2.45, 2.75) is 19.1 Å². The molecule has 0 amide bonds. The summed E-state index contributed by atoms with van der Waals surface area (Å²) < 4.78 is 5.05. The van der Waals surface area contributed by atoms with Crippen LogP contribution in [0.2, 0.25) is 0 Å². The normalized spacial score (nSPS) is 31.1. The van der Waals surface area contributed by atoms with E-state index in [1.165, 1.54) is 11.1 Å². The number of ether oxygens (including phenoxy) is 1. The van der Waals surface area contributed by atoms with Crippen LogP contribution < -0.4 is 0 Å². The predicted octanol–water partition coefficient (Wildman–Crippen LogP) is 0.982. The molecule has 10 heavy (non-hydrogen) atoms. The molecule has 0 aromatic heterocycles. The first-order valence-electron chi connectivity index (χ1n) is 3.53. The van der Waals surface area contributed by atoms with Gasteiger partial charge in [-0.1, -0.05) is 12.2 Å². The molecule has 1 unspecified atom stereocenters. The van der Waals surface area contributed by atoms with Crippen molar-refractivity contribution < 1.29 is 9.84 Å². The molecule has 0 spiro atoms. The van der Waals surface area contributed by atoms with Gasteiger partial charge in [-0.2, -0.15) is 0 Å². The number of aliphatic hydroxyl groups is 1. The second kappa shape index (κ2) is 2.22. The lowest BCUT2D eigenvalue weighted by molar-refractivity contribution is -0.0959. The highest BCUT2D eigenvalue weighted by Crippen LogP contribution is 2.27. The Bertz CT molecular complexity index is 203. The highest BCUT2D eigenvalue weighted by molar-refractivity contribution is 5.35. The predicted molar refractivity (Wildman–Crippen MR) is 37.4 cm³/mol.